The van der Waals surface area contributed by atoms with Crippen LogP contribution in [0.1, 0.15) is 17.2 Å². The summed E-state index contributed by atoms with van der Waals surface area (Å²) < 4.78 is 0. The number of benzene rings is 1. The largest absolute Gasteiger partial charge is 0.393 e. The zero-order valence-corrected chi connectivity index (χ0v) is 7.03. The molecule has 0 spiro atoms. The van der Waals surface area contributed by atoms with Gasteiger partial charge in [0.25, 0.3) is 0 Å². The Hall–Kier alpha value is -0.900. The molecule has 0 amide bonds. The van der Waals surface area contributed by atoms with Crippen LogP contribution in [0.5, 0.6) is 0 Å². The van der Waals surface area contributed by atoms with Crippen LogP contribution >= 0.6 is 0 Å². The standard InChI is InChI=1S/C9H13NO2/c1-7-4-2-3-5-8(7)9(6-11)12-10/h2-5,9,11H,6,10H2,1H3. The van der Waals surface area contributed by atoms with Crippen LogP contribution in [-0.2, 0) is 4.84 Å². The van der Waals surface area contributed by atoms with E-state index in [0.29, 0.717) is 0 Å². The molecule has 0 bridgehead atoms. The van der Waals surface area contributed by atoms with Gasteiger partial charge >= 0.3 is 0 Å². The summed E-state index contributed by atoms with van der Waals surface area (Å²) in [5.41, 5.74) is 2.00. The van der Waals surface area contributed by atoms with E-state index in [1.54, 1.807) is 0 Å². The van der Waals surface area contributed by atoms with Crippen molar-refractivity contribution in [2.24, 2.45) is 5.90 Å². The molecule has 3 heteroatoms. The molecule has 0 fully saturated rings. The molecule has 0 heterocycles. The number of aryl methyl sites for hydroxylation is 1. The Bertz CT molecular complexity index is 246. The summed E-state index contributed by atoms with van der Waals surface area (Å²) >= 11 is 0. The van der Waals surface area contributed by atoms with E-state index in [9.17, 15) is 0 Å². The second kappa shape index (κ2) is 4.21. The van der Waals surface area contributed by atoms with Crippen molar-refractivity contribution in [3.8, 4) is 0 Å². The molecule has 0 aliphatic rings. The van der Waals surface area contributed by atoms with Gasteiger partial charge in [0.2, 0.25) is 0 Å². The van der Waals surface area contributed by atoms with E-state index in [1.165, 1.54) is 0 Å². The topological polar surface area (TPSA) is 55.5 Å². The number of nitrogens with two attached hydrogens (primary N) is 1. The number of aliphatic hydroxyl groups is 1. The van der Waals surface area contributed by atoms with E-state index in [1.807, 2.05) is 31.2 Å². The van der Waals surface area contributed by atoms with E-state index >= 15 is 0 Å². The number of hydrogen-bond donors (Lipinski definition) is 2. The minimum Gasteiger partial charge on any atom is -0.393 e. The predicted molar refractivity (Wildman–Crippen MR) is 46.3 cm³/mol. The van der Waals surface area contributed by atoms with Crippen LogP contribution in [0, 0.1) is 6.92 Å². The molecule has 0 aromatic heterocycles. The van der Waals surface area contributed by atoms with Crippen molar-refractivity contribution in [1.82, 2.24) is 0 Å². The minimum atomic E-state index is -0.411. The van der Waals surface area contributed by atoms with Crippen LogP contribution in [0.25, 0.3) is 0 Å². The fourth-order valence-corrected chi connectivity index (χ4v) is 1.16. The fraction of sp³-hybridized carbons (Fsp3) is 0.333. The fourth-order valence-electron chi connectivity index (χ4n) is 1.16. The van der Waals surface area contributed by atoms with Crippen LogP contribution in [-0.4, -0.2) is 11.7 Å². The van der Waals surface area contributed by atoms with E-state index < -0.39 is 6.10 Å². The molecule has 0 aliphatic heterocycles. The minimum absolute atomic E-state index is 0.0959. The van der Waals surface area contributed by atoms with Gasteiger partial charge in [0.1, 0.15) is 6.10 Å². The van der Waals surface area contributed by atoms with Gasteiger partial charge in [-0.05, 0) is 18.1 Å². The quantitative estimate of drug-likeness (QED) is 0.658. The van der Waals surface area contributed by atoms with E-state index in [4.69, 9.17) is 11.0 Å². The molecule has 1 aromatic carbocycles. The van der Waals surface area contributed by atoms with Crippen molar-refractivity contribution in [3.63, 3.8) is 0 Å². The first kappa shape index (κ1) is 9.19. The van der Waals surface area contributed by atoms with Gasteiger partial charge in [-0.2, -0.15) is 0 Å². The summed E-state index contributed by atoms with van der Waals surface area (Å²) in [6.07, 6.45) is -0.411. The maximum atomic E-state index is 8.90. The summed E-state index contributed by atoms with van der Waals surface area (Å²) in [5.74, 6) is 5.02. The first-order valence-corrected chi connectivity index (χ1v) is 3.81. The summed E-state index contributed by atoms with van der Waals surface area (Å²) in [5, 5.41) is 8.90. The molecule has 1 atom stereocenters. The SMILES string of the molecule is Cc1ccccc1C(CO)ON. The first-order chi connectivity index (χ1) is 5.79. The Kier molecular flexibility index (Phi) is 3.22. The lowest BCUT2D eigenvalue weighted by Crippen LogP contribution is -2.14. The third-order valence-corrected chi connectivity index (χ3v) is 1.87. The molecular formula is C9H13NO2. The summed E-state index contributed by atoms with van der Waals surface area (Å²) in [6, 6.07) is 7.67. The first-order valence-electron chi connectivity index (χ1n) is 3.81. The second-order valence-corrected chi connectivity index (χ2v) is 2.66. The molecule has 1 aromatic rings. The van der Waals surface area contributed by atoms with Gasteiger partial charge in [-0.3, -0.25) is 4.84 Å². The molecule has 0 radical (unpaired) electrons. The highest BCUT2D eigenvalue weighted by atomic mass is 16.6. The molecular weight excluding hydrogens is 154 g/mol. The zero-order chi connectivity index (χ0) is 8.97. The van der Waals surface area contributed by atoms with Gasteiger partial charge in [0, 0.05) is 0 Å². The van der Waals surface area contributed by atoms with Crippen LogP contribution in [0.15, 0.2) is 24.3 Å². The highest BCUT2D eigenvalue weighted by Gasteiger charge is 2.10. The molecule has 1 unspecified atom stereocenters. The Balaban J connectivity index is 2.92. The lowest BCUT2D eigenvalue weighted by atomic mass is 10.0. The van der Waals surface area contributed by atoms with Crippen molar-refractivity contribution in [2.45, 2.75) is 13.0 Å². The monoisotopic (exact) mass is 167 g/mol. The molecule has 0 aliphatic carbocycles. The van der Waals surface area contributed by atoms with Crippen LogP contribution in [0.2, 0.25) is 0 Å². The van der Waals surface area contributed by atoms with Gasteiger partial charge in [-0.15, -0.1) is 0 Å². The van der Waals surface area contributed by atoms with E-state index in [-0.39, 0.29) is 6.61 Å². The van der Waals surface area contributed by atoms with Gasteiger partial charge in [0.05, 0.1) is 6.61 Å². The Morgan fingerprint density at radius 2 is 2.17 bits per heavy atom. The zero-order valence-electron chi connectivity index (χ0n) is 7.03. The lowest BCUT2D eigenvalue weighted by molar-refractivity contribution is 0.0105. The predicted octanol–water partition coefficient (Wildman–Crippen LogP) is 0.919. The Morgan fingerprint density at radius 3 is 2.67 bits per heavy atom. The van der Waals surface area contributed by atoms with Crippen molar-refractivity contribution >= 4 is 0 Å². The average molecular weight is 167 g/mol. The summed E-state index contributed by atoms with van der Waals surface area (Å²) in [6.45, 7) is 1.86. The number of aliphatic hydroxyl groups excluding tert-OH is 1. The van der Waals surface area contributed by atoms with Crippen LogP contribution < -0.4 is 5.90 Å². The molecule has 12 heavy (non-hydrogen) atoms. The van der Waals surface area contributed by atoms with E-state index in [2.05, 4.69) is 4.84 Å². The average Bonchev–Trinajstić information content (AvgIpc) is 2.10. The smallest absolute Gasteiger partial charge is 0.127 e. The molecule has 0 saturated heterocycles. The van der Waals surface area contributed by atoms with Crippen LogP contribution in [0.4, 0.5) is 0 Å². The molecule has 66 valence electrons. The lowest BCUT2D eigenvalue weighted by Gasteiger charge is -2.13. The normalized spacial score (nSPS) is 12.9. The van der Waals surface area contributed by atoms with E-state index in [0.717, 1.165) is 11.1 Å². The highest BCUT2D eigenvalue weighted by molar-refractivity contribution is 5.27. The Morgan fingerprint density at radius 1 is 1.50 bits per heavy atom. The highest BCUT2D eigenvalue weighted by Crippen LogP contribution is 2.18. The van der Waals surface area contributed by atoms with Gasteiger partial charge in [-0.25, -0.2) is 5.90 Å². The molecule has 3 nitrogen and oxygen atoms in total. The number of hydrogen-bond acceptors (Lipinski definition) is 3. The Labute approximate surface area is 71.7 Å². The maximum absolute atomic E-state index is 8.90. The third kappa shape index (κ3) is 1.82. The van der Waals surface area contributed by atoms with Crippen molar-refractivity contribution in [1.29, 1.82) is 0 Å². The second-order valence-electron chi connectivity index (χ2n) is 2.66. The third-order valence-electron chi connectivity index (χ3n) is 1.87. The van der Waals surface area contributed by atoms with Crippen molar-refractivity contribution < 1.29 is 9.94 Å². The van der Waals surface area contributed by atoms with Crippen molar-refractivity contribution in [3.05, 3.63) is 35.4 Å². The number of rotatable bonds is 3. The molecule has 1 rings (SSSR count). The summed E-state index contributed by atoms with van der Waals surface area (Å²) in [7, 11) is 0. The van der Waals surface area contributed by atoms with Gasteiger partial charge in [-0.1, -0.05) is 24.3 Å². The molecule has 3 N–H and O–H groups in total. The maximum Gasteiger partial charge on any atom is 0.127 e. The van der Waals surface area contributed by atoms with Crippen LogP contribution in [0.3, 0.4) is 0 Å². The van der Waals surface area contributed by atoms with Crippen molar-refractivity contribution in [2.75, 3.05) is 6.61 Å². The van der Waals surface area contributed by atoms with Gasteiger partial charge < -0.3 is 5.11 Å². The van der Waals surface area contributed by atoms with Gasteiger partial charge in [0.15, 0.2) is 0 Å². The molecule has 0 saturated carbocycles. The summed E-state index contributed by atoms with van der Waals surface area (Å²) in [4.78, 5) is 4.62.